The second-order valence-electron chi connectivity index (χ2n) is 4.07. The minimum absolute atomic E-state index is 0.0511. The minimum Gasteiger partial charge on any atom is -0.337 e. The van der Waals surface area contributed by atoms with Crippen molar-refractivity contribution >= 4 is 5.91 Å². The highest BCUT2D eigenvalue weighted by Gasteiger charge is 2.22. The average Bonchev–Trinajstić information content (AvgIpc) is 2.39. The Morgan fingerprint density at radius 2 is 2.19 bits per heavy atom. The molecule has 0 saturated carbocycles. The Hall–Kier alpha value is -1.42. The summed E-state index contributed by atoms with van der Waals surface area (Å²) in [7, 11) is 1.97. The van der Waals surface area contributed by atoms with Crippen molar-refractivity contribution in [3.63, 3.8) is 0 Å². The zero-order valence-electron chi connectivity index (χ0n) is 9.52. The van der Waals surface area contributed by atoms with Gasteiger partial charge >= 0.3 is 0 Å². The van der Waals surface area contributed by atoms with E-state index in [-0.39, 0.29) is 5.91 Å². The summed E-state index contributed by atoms with van der Waals surface area (Å²) in [5, 5.41) is 3.25. The predicted octanol–water partition coefficient (Wildman–Crippen LogP) is 0.906. The molecule has 1 N–H and O–H groups in total. The Morgan fingerprint density at radius 3 is 2.75 bits per heavy atom. The van der Waals surface area contributed by atoms with Crippen LogP contribution in [0.25, 0.3) is 0 Å². The quantitative estimate of drug-likeness (QED) is 0.804. The molecule has 1 aromatic rings. The fraction of sp³-hybridized carbons (Fsp3) is 0.500. The number of pyridine rings is 1. The number of carbonyl (C=O) groups excluding carboxylic acids is 1. The molecule has 86 valence electrons. The number of nitrogens with one attached hydrogen (secondary N) is 1. The second-order valence-corrected chi connectivity index (χ2v) is 4.07. The molecule has 1 saturated heterocycles. The van der Waals surface area contributed by atoms with Crippen molar-refractivity contribution in [2.45, 2.75) is 18.9 Å². The van der Waals surface area contributed by atoms with E-state index in [0.29, 0.717) is 11.7 Å². The van der Waals surface area contributed by atoms with Crippen LogP contribution in [0.2, 0.25) is 0 Å². The summed E-state index contributed by atoms with van der Waals surface area (Å²) in [4.78, 5) is 18.0. The zero-order valence-corrected chi connectivity index (χ0v) is 9.52. The molecule has 0 bridgehead atoms. The van der Waals surface area contributed by atoms with Crippen LogP contribution in [0.15, 0.2) is 24.4 Å². The van der Waals surface area contributed by atoms with Crippen molar-refractivity contribution in [3.8, 4) is 0 Å². The third-order valence-corrected chi connectivity index (χ3v) is 3.07. The Morgan fingerprint density at radius 1 is 1.44 bits per heavy atom. The van der Waals surface area contributed by atoms with Gasteiger partial charge in [0.25, 0.3) is 5.91 Å². The standard InChI is InChI=1S/C12H17N3O/c1-13-10-5-8-15(9-6-10)12(16)11-4-2-3-7-14-11/h2-4,7,10,13H,5-6,8-9H2,1H3. The molecule has 16 heavy (non-hydrogen) atoms. The third kappa shape index (κ3) is 2.39. The van der Waals surface area contributed by atoms with Crippen LogP contribution in [0, 0.1) is 0 Å². The highest BCUT2D eigenvalue weighted by atomic mass is 16.2. The number of hydrogen-bond donors (Lipinski definition) is 1. The number of likely N-dealkylation sites (tertiary alicyclic amines) is 1. The molecule has 0 unspecified atom stereocenters. The van der Waals surface area contributed by atoms with Gasteiger partial charge in [-0.1, -0.05) is 6.07 Å². The first-order valence-corrected chi connectivity index (χ1v) is 5.69. The smallest absolute Gasteiger partial charge is 0.272 e. The third-order valence-electron chi connectivity index (χ3n) is 3.07. The van der Waals surface area contributed by atoms with Crippen molar-refractivity contribution in [1.29, 1.82) is 0 Å². The highest BCUT2D eigenvalue weighted by molar-refractivity contribution is 5.92. The van der Waals surface area contributed by atoms with Crippen molar-refractivity contribution in [2.75, 3.05) is 20.1 Å². The SMILES string of the molecule is CNC1CCN(C(=O)c2ccccn2)CC1. The first-order valence-electron chi connectivity index (χ1n) is 5.69. The lowest BCUT2D eigenvalue weighted by Crippen LogP contribution is -2.44. The van der Waals surface area contributed by atoms with E-state index in [1.165, 1.54) is 0 Å². The predicted molar refractivity (Wildman–Crippen MR) is 62.2 cm³/mol. The topological polar surface area (TPSA) is 45.2 Å². The van der Waals surface area contributed by atoms with E-state index in [1.807, 2.05) is 24.1 Å². The molecule has 0 radical (unpaired) electrons. The number of nitrogens with zero attached hydrogens (tertiary/aromatic N) is 2. The number of amides is 1. The number of piperidine rings is 1. The van der Waals surface area contributed by atoms with E-state index in [9.17, 15) is 4.79 Å². The fourth-order valence-corrected chi connectivity index (χ4v) is 2.02. The Bertz CT molecular complexity index is 345. The van der Waals surface area contributed by atoms with Crippen LogP contribution in [-0.4, -0.2) is 42.0 Å². The van der Waals surface area contributed by atoms with E-state index >= 15 is 0 Å². The summed E-state index contributed by atoms with van der Waals surface area (Å²) >= 11 is 0. The van der Waals surface area contributed by atoms with Gasteiger partial charge in [0.15, 0.2) is 0 Å². The van der Waals surface area contributed by atoms with Crippen LogP contribution in [0.5, 0.6) is 0 Å². The number of rotatable bonds is 2. The maximum Gasteiger partial charge on any atom is 0.272 e. The van der Waals surface area contributed by atoms with Crippen molar-refractivity contribution in [3.05, 3.63) is 30.1 Å². The van der Waals surface area contributed by atoms with Gasteiger partial charge in [-0.05, 0) is 32.0 Å². The van der Waals surface area contributed by atoms with Gasteiger partial charge in [-0.3, -0.25) is 9.78 Å². The largest absolute Gasteiger partial charge is 0.337 e. The average molecular weight is 219 g/mol. The van der Waals surface area contributed by atoms with Crippen LogP contribution >= 0.6 is 0 Å². The van der Waals surface area contributed by atoms with E-state index in [4.69, 9.17) is 0 Å². The summed E-state index contributed by atoms with van der Waals surface area (Å²) in [6.45, 7) is 1.64. The lowest BCUT2D eigenvalue weighted by Gasteiger charge is -2.31. The van der Waals surface area contributed by atoms with Crippen molar-refractivity contribution < 1.29 is 4.79 Å². The molecule has 4 heteroatoms. The van der Waals surface area contributed by atoms with Crippen LogP contribution in [0.1, 0.15) is 23.3 Å². The normalized spacial score (nSPS) is 17.4. The van der Waals surface area contributed by atoms with Crippen molar-refractivity contribution in [2.24, 2.45) is 0 Å². The minimum atomic E-state index is 0.0511. The molecule has 1 aliphatic rings. The summed E-state index contributed by atoms with van der Waals surface area (Å²) < 4.78 is 0. The summed E-state index contributed by atoms with van der Waals surface area (Å²) in [5.41, 5.74) is 0.547. The molecule has 0 spiro atoms. The molecule has 4 nitrogen and oxygen atoms in total. The van der Waals surface area contributed by atoms with E-state index < -0.39 is 0 Å². The molecule has 1 aliphatic heterocycles. The molecule has 2 heterocycles. The molecule has 1 fully saturated rings. The number of hydrogen-bond acceptors (Lipinski definition) is 3. The molecular formula is C12H17N3O. The van der Waals surface area contributed by atoms with Crippen LogP contribution in [0.4, 0.5) is 0 Å². The van der Waals surface area contributed by atoms with Gasteiger partial charge in [0, 0.05) is 25.3 Å². The second kappa shape index (κ2) is 5.07. The first kappa shape index (κ1) is 11.1. The van der Waals surface area contributed by atoms with Gasteiger partial charge in [-0.15, -0.1) is 0 Å². The van der Waals surface area contributed by atoms with Crippen LogP contribution in [0.3, 0.4) is 0 Å². The van der Waals surface area contributed by atoms with Gasteiger partial charge in [0.05, 0.1) is 0 Å². The Kier molecular flexibility index (Phi) is 3.51. The molecule has 0 atom stereocenters. The molecule has 1 amide bonds. The molecular weight excluding hydrogens is 202 g/mol. The summed E-state index contributed by atoms with van der Waals surface area (Å²) in [6.07, 6.45) is 3.71. The van der Waals surface area contributed by atoms with Crippen LogP contribution in [-0.2, 0) is 0 Å². The lowest BCUT2D eigenvalue weighted by atomic mass is 10.1. The summed E-state index contributed by atoms with van der Waals surface area (Å²) in [6, 6.07) is 5.99. The highest BCUT2D eigenvalue weighted by Crippen LogP contribution is 2.12. The summed E-state index contributed by atoms with van der Waals surface area (Å²) in [5.74, 6) is 0.0511. The first-order chi connectivity index (χ1) is 7.81. The van der Waals surface area contributed by atoms with Crippen LogP contribution < -0.4 is 5.32 Å². The van der Waals surface area contributed by atoms with E-state index in [2.05, 4.69) is 10.3 Å². The Balaban J connectivity index is 1.97. The van der Waals surface area contributed by atoms with E-state index in [1.54, 1.807) is 12.3 Å². The molecule has 0 aromatic carbocycles. The number of aromatic nitrogens is 1. The maximum atomic E-state index is 12.0. The zero-order chi connectivity index (χ0) is 11.4. The lowest BCUT2D eigenvalue weighted by molar-refractivity contribution is 0.0701. The van der Waals surface area contributed by atoms with Gasteiger partial charge in [-0.25, -0.2) is 0 Å². The number of carbonyl (C=O) groups is 1. The monoisotopic (exact) mass is 219 g/mol. The van der Waals surface area contributed by atoms with Crippen molar-refractivity contribution in [1.82, 2.24) is 15.2 Å². The fourth-order valence-electron chi connectivity index (χ4n) is 2.02. The Labute approximate surface area is 95.7 Å². The molecule has 0 aliphatic carbocycles. The molecule has 2 rings (SSSR count). The van der Waals surface area contributed by atoms with Gasteiger partial charge < -0.3 is 10.2 Å². The maximum absolute atomic E-state index is 12.0. The van der Waals surface area contributed by atoms with Gasteiger partial charge in [0.1, 0.15) is 5.69 Å². The van der Waals surface area contributed by atoms with Gasteiger partial charge in [0.2, 0.25) is 0 Å². The van der Waals surface area contributed by atoms with E-state index in [0.717, 1.165) is 25.9 Å². The molecule has 1 aromatic heterocycles. The van der Waals surface area contributed by atoms with Gasteiger partial charge in [-0.2, -0.15) is 0 Å².